The van der Waals surface area contributed by atoms with Crippen LogP contribution in [0, 0.1) is 0 Å². The lowest BCUT2D eigenvalue weighted by Gasteiger charge is -2.17. The molecule has 4 aromatic rings. The molecule has 0 fully saturated rings. The molecule has 0 saturated heterocycles. The first-order valence-corrected chi connectivity index (χ1v) is 11.6. The Bertz CT molecular complexity index is 1450. The summed E-state index contributed by atoms with van der Waals surface area (Å²) in [5.74, 6) is 0.285. The zero-order valence-electron chi connectivity index (χ0n) is 19.9. The maximum atomic E-state index is 13.7. The summed E-state index contributed by atoms with van der Waals surface area (Å²) in [6, 6.07) is 28.6. The summed E-state index contributed by atoms with van der Waals surface area (Å²) < 4.78 is 5.28. The number of carbonyl (C=O) groups is 2. The number of rotatable bonds is 6. The van der Waals surface area contributed by atoms with Crippen molar-refractivity contribution in [3.05, 3.63) is 108 Å². The van der Waals surface area contributed by atoms with Crippen molar-refractivity contribution in [2.24, 2.45) is 0 Å². The number of fused-ring (bicyclic) bond motifs is 1. The van der Waals surface area contributed by atoms with Crippen molar-refractivity contribution in [3.8, 4) is 5.75 Å². The van der Waals surface area contributed by atoms with E-state index in [0.717, 1.165) is 22.0 Å². The Morgan fingerprint density at radius 1 is 0.771 bits per heavy atom. The Morgan fingerprint density at radius 2 is 1.46 bits per heavy atom. The van der Waals surface area contributed by atoms with E-state index < -0.39 is 0 Å². The second kappa shape index (κ2) is 9.11. The highest BCUT2D eigenvalue weighted by Gasteiger charge is 2.40. The molecule has 5 heteroatoms. The summed E-state index contributed by atoms with van der Waals surface area (Å²) in [6.45, 7) is 4.22. The lowest BCUT2D eigenvalue weighted by molar-refractivity contribution is -0.120. The number of hydrogen-bond donors (Lipinski definition) is 1. The zero-order chi connectivity index (χ0) is 24.5. The van der Waals surface area contributed by atoms with Crippen LogP contribution in [0.15, 0.2) is 96.7 Å². The van der Waals surface area contributed by atoms with E-state index in [4.69, 9.17) is 4.74 Å². The molecule has 0 aromatic heterocycles. The molecule has 1 heterocycles. The summed E-state index contributed by atoms with van der Waals surface area (Å²) in [7, 11) is 1.59. The number of carbonyl (C=O) groups excluding carboxylic acids is 2. The molecule has 5 rings (SSSR count). The predicted molar refractivity (Wildman–Crippen MR) is 141 cm³/mol. The van der Waals surface area contributed by atoms with Crippen LogP contribution < -0.4 is 15.0 Å². The molecule has 0 saturated carbocycles. The topological polar surface area (TPSA) is 58.6 Å². The third kappa shape index (κ3) is 4.06. The van der Waals surface area contributed by atoms with Crippen LogP contribution in [-0.2, 0) is 9.59 Å². The minimum atomic E-state index is -0.383. The van der Waals surface area contributed by atoms with Gasteiger partial charge in [0.1, 0.15) is 11.4 Å². The van der Waals surface area contributed by atoms with Crippen LogP contribution in [0.25, 0.3) is 16.3 Å². The first-order chi connectivity index (χ1) is 17.0. The molecule has 174 valence electrons. The van der Waals surface area contributed by atoms with Crippen LogP contribution >= 0.6 is 0 Å². The van der Waals surface area contributed by atoms with Crippen molar-refractivity contribution in [2.75, 3.05) is 17.3 Å². The lowest BCUT2D eigenvalue weighted by atomic mass is 10.0. The molecule has 35 heavy (non-hydrogen) atoms. The summed E-state index contributed by atoms with van der Waals surface area (Å²) in [6.07, 6.45) is 0. The van der Waals surface area contributed by atoms with Gasteiger partial charge in [-0.05, 0) is 52.8 Å². The number of hydrogen-bond acceptors (Lipinski definition) is 4. The molecule has 2 amide bonds. The normalized spacial score (nSPS) is 13.8. The number of amides is 2. The van der Waals surface area contributed by atoms with Gasteiger partial charge < -0.3 is 10.1 Å². The predicted octanol–water partition coefficient (Wildman–Crippen LogP) is 6.37. The van der Waals surface area contributed by atoms with Gasteiger partial charge in [0.25, 0.3) is 11.8 Å². The number of anilines is 2. The molecule has 1 N–H and O–H groups in total. The fourth-order valence-electron chi connectivity index (χ4n) is 4.38. The fourth-order valence-corrected chi connectivity index (χ4v) is 4.38. The monoisotopic (exact) mass is 462 g/mol. The van der Waals surface area contributed by atoms with E-state index in [1.165, 1.54) is 4.90 Å². The molecule has 1 aliphatic rings. The average molecular weight is 463 g/mol. The van der Waals surface area contributed by atoms with Crippen molar-refractivity contribution >= 4 is 39.5 Å². The Kier molecular flexibility index (Phi) is 5.83. The van der Waals surface area contributed by atoms with Crippen molar-refractivity contribution in [3.63, 3.8) is 0 Å². The fraction of sp³-hybridized carbons (Fsp3) is 0.133. The Labute approximate surface area is 204 Å². The van der Waals surface area contributed by atoms with Crippen LogP contribution in [-0.4, -0.2) is 18.9 Å². The summed E-state index contributed by atoms with van der Waals surface area (Å²) >= 11 is 0. The number of methoxy groups -OCH3 is 1. The molecule has 1 aliphatic heterocycles. The summed E-state index contributed by atoms with van der Waals surface area (Å²) in [5.41, 5.74) is 3.69. The standard InChI is InChI=1S/C30H26N2O3/c1-19(2)20-11-15-23(16-12-20)32-29(33)27(22-13-17-24(35-3)18-14-22)28(30(32)34)31-26-10-6-8-21-7-4-5-9-25(21)26/h4-19,31H,1-3H3. The van der Waals surface area contributed by atoms with E-state index >= 15 is 0 Å². The molecule has 0 aliphatic carbocycles. The second-order valence-electron chi connectivity index (χ2n) is 8.82. The van der Waals surface area contributed by atoms with Gasteiger partial charge in [0, 0.05) is 11.1 Å². The van der Waals surface area contributed by atoms with Gasteiger partial charge in [-0.3, -0.25) is 9.59 Å². The van der Waals surface area contributed by atoms with E-state index in [0.29, 0.717) is 28.5 Å². The van der Waals surface area contributed by atoms with Crippen LogP contribution in [0.5, 0.6) is 5.75 Å². The van der Waals surface area contributed by atoms with Gasteiger partial charge in [0.2, 0.25) is 0 Å². The van der Waals surface area contributed by atoms with Gasteiger partial charge >= 0.3 is 0 Å². The molecule has 0 atom stereocenters. The highest BCUT2D eigenvalue weighted by atomic mass is 16.5. The average Bonchev–Trinajstić information content (AvgIpc) is 3.13. The first-order valence-electron chi connectivity index (χ1n) is 11.6. The maximum Gasteiger partial charge on any atom is 0.282 e. The quantitative estimate of drug-likeness (QED) is 0.338. The minimum Gasteiger partial charge on any atom is -0.497 e. The van der Waals surface area contributed by atoms with Crippen LogP contribution in [0.4, 0.5) is 11.4 Å². The molecule has 4 aromatic carbocycles. The van der Waals surface area contributed by atoms with Crippen molar-refractivity contribution in [2.45, 2.75) is 19.8 Å². The van der Waals surface area contributed by atoms with E-state index in [9.17, 15) is 9.59 Å². The zero-order valence-corrected chi connectivity index (χ0v) is 19.9. The first kappa shape index (κ1) is 22.4. The SMILES string of the molecule is COc1ccc(C2=C(Nc3cccc4ccccc34)C(=O)N(c3ccc(C(C)C)cc3)C2=O)cc1. The maximum absolute atomic E-state index is 13.7. The lowest BCUT2D eigenvalue weighted by Crippen LogP contribution is -2.32. The van der Waals surface area contributed by atoms with Crippen molar-refractivity contribution < 1.29 is 14.3 Å². The number of imide groups is 1. The Balaban J connectivity index is 1.62. The molecule has 0 radical (unpaired) electrons. The Morgan fingerprint density at radius 3 is 2.14 bits per heavy atom. The third-order valence-corrected chi connectivity index (χ3v) is 6.33. The van der Waals surface area contributed by atoms with E-state index in [-0.39, 0.29) is 17.5 Å². The largest absolute Gasteiger partial charge is 0.497 e. The van der Waals surface area contributed by atoms with Gasteiger partial charge in [-0.25, -0.2) is 4.90 Å². The smallest absolute Gasteiger partial charge is 0.282 e. The second-order valence-corrected chi connectivity index (χ2v) is 8.82. The van der Waals surface area contributed by atoms with Gasteiger partial charge in [0.15, 0.2) is 0 Å². The molecule has 0 spiro atoms. The number of benzene rings is 4. The molecule has 0 bridgehead atoms. The highest BCUT2D eigenvalue weighted by molar-refractivity contribution is 6.46. The number of ether oxygens (including phenoxy) is 1. The van der Waals surface area contributed by atoms with E-state index in [1.807, 2.05) is 66.7 Å². The van der Waals surface area contributed by atoms with Gasteiger partial charge in [0.05, 0.1) is 18.4 Å². The van der Waals surface area contributed by atoms with Gasteiger partial charge in [-0.15, -0.1) is 0 Å². The summed E-state index contributed by atoms with van der Waals surface area (Å²) in [5, 5.41) is 5.32. The minimum absolute atomic E-state index is 0.254. The number of nitrogens with one attached hydrogen (secondary N) is 1. The van der Waals surface area contributed by atoms with Crippen molar-refractivity contribution in [1.82, 2.24) is 0 Å². The molecular weight excluding hydrogens is 436 g/mol. The summed E-state index contributed by atoms with van der Waals surface area (Å²) in [4.78, 5) is 28.7. The highest BCUT2D eigenvalue weighted by Crippen LogP contribution is 2.36. The van der Waals surface area contributed by atoms with Crippen LogP contribution in [0.3, 0.4) is 0 Å². The number of nitrogens with zero attached hydrogens (tertiary/aromatic N) is 1. The van der Waals surface area contributed by atoms with Crippen molar-refractivity contribution in [1.29, 1.82) is 0 Å². The molecular formula is C30H26N2O3. The molecule has 0 unspecified atom stereocenters. The van der Waals surface area contributed by atoms with E-state index in [2.05, 4.69) is 19.2 Å². The molecule has 5 nitrogen and oxygen atoms in total. The van der Waals surface area contributed by atoms with Gasteiger partial charge in [-0.1, -0.05) is 74.5 Å². The Hall–Kier alpha value is -4.38. The third-order valence-electron chi connectivity index (χ3n) is 6.33. The van der Waals surface area contributed by atoms with Crippen LogP contribution in [0.2, 0.25) is 0 Å². The van der Waals surface area contributed by atoms with Crippen LogP contribution in [0.1, 0.15) is 30.9 Å². The van der Waals surface area contributed by atoms with E-state index in [1.54, 1.807) is 31.4 Å². The van der Waals surface area contributed by atoms with Gasteiger partial charge in [-0.2, -0.15) is 0 Å².